The SMILES string of the molecule is Cn1cnc(CNC(=O)C[C@H](N)C(=O)O)c1. The van der Waals surface area contributed by atoms with Crippen LogP contribution in [-0.4, -0.2) is 32.6 Å². The van der Waals surface area contributed by atoms with Crippen LogP contribution in [0.25, 0.3) is 0 Å². The van der Waals surface area contributed by atoms with Gasteiger partial charge in [0.05, 0.1) is 25.0 Å². The number of carboxylic acid groups (broad SMARTS) is 1. The Kier molecular flexibility index (Phi) is 4.01. The summed E-state index contributed by atoms with van der Waals surface area (Å²) in [6, 6.07) is -1.16. The van der Waals surface area contributed by atoms with E-state index in [1.54, 1.807) is 17.1 Å². The second kappa shape index (κ2) is 5.26. The van der Waals surface area contributed by atoms with E-state index >= 15 is 0 Å². The summed E-state index contributed by atoms with van der Waals surface area (Å²) in [5.74, 6) is -1.59. The van der Waals surface area contributed by atoms with E-state index in [9.17, 15) is 9.59 Å². The third-order valence-electron chi connectivity index (χ3n) is 1.95. The van der Waals surface area contributed by atoms with Gasteiger partial charge in [-0.1, -0.05) is 0 Å². The molecular weight excluding hydrogens is 212 g/mol. The summed E-state index contributed by atoms with van der Waals surface area (Å²) in [4.78, 5) is 25.6. The highest BCUT2D eigenvalue weighted by Gasteiger charge is 2.15. The first kappa shape index (κ1) is 12.2. The van der Waals surface area contributed by atoms with Crippen molar-refractivity contribution < 1.29 is 14.7 Å². The van der Waals surface area contributed by atoms with E-state index in [1.807, 2.05) is 7.05 Å². The highest BCUT2D eigenvalue weighted by Crippen LogP contribution is 1.94. The van der Waals surface area contributed by atoms with Gasteiger partial charge in [0.1, 0.15) is 6.04 Å². The highest BCUT2D eigenvalue weighted by molar-refractivity contribution is 5.84. The molecule has 0 aliphatic carbocycles. The molecule has 1 aromatic heterocycles. The lowest BCUT2D eigenvalue weighted by atomic mass is 10.2. The first-order valence-electron chi connectivity index (χ1n) is 4.71. The summed E-state index contributed by atoms with van der Waals surface area (Å²) >= 11 is 0. The standard InChI is InChI=1S/C9H14N4O3/c1-13-4-6(12-5-13)3-11-8(14)2-7(10)9(15)16/h4-5,7H,2-3,10H2,1H3,(H,11,14)(H,15,16)/t7-/m0/s1. The Labute approximate surface area is 92.3 Å². The first-order chi connectivity index (χ1) is 7.49. The predicted octanol–water partition coefficient (Wildman–Crippen LogP) is -1.16. The van der Waals surface area contributed by atoms with Gasteiger partial charge >= 0.3 is 5.97 Å². The molecule has 7 nitrogen and oxygen atoms in total. The molecule has 88 valence electrons. The highest BCUT2D eigenvalue weighted by atomic mass is 16.4. The molecule has 7 heteroatoms. The van der Waals surface area contributed by atoms with Crippen molar-refractivity contribution in [1.29, 1.82) is 0 Å². The maximum atomic E-state index is 11.2. The van der Waals surface area contributed by atoms with E-state index in [1.165, 1.54) is 0 Å². The number of nitrogens with two attached hydrogens (primary N) is 1. The number of aromatic nitrogens is 2. The summed E-state index contributed by atoms with van der Waals surface area (Å²) in [5.41, 5.74) is 5.92. The van der Waals surface area contributed by atoms with Crippen LogP contribution in [0.3, 0.4) is 0 Å². The van der Waals surface area contributed by atoms with Crippen LogP contribution < -0.4 is 11.1 Å². The third kappa shape index (κ3) is 3.70. The van der Waals surface area contributed by atoms with Gasteiger partial charge in [-0.2, -0.15) is 0 Å². The number of hydrogen-bond acceptors (Lipinski definition) is 4. The van der Waals surface area contributed by atoms with Crippen molar-refractivity contribution >= 4 is 11.9 Å². The molecule has 0 bridgehead atoms. The number of imidazole rings is 1. The Morgan fingerprint density at radius 1 is 1.69 bits per heavy atom. The molecule has 0 fully saturated rings. The number of aryl methyl sites for hydroxylation is 1. The van der Waals surface area contributed by atoms with Crippen LogP contribution in [0.2, 0.25) is 0 Å². The zero-order chi connectivity index (χ0) is 12.1. The molecular formula is C9H14N4O3. The molecule has 0 spiro atoms. The fraction of sp³-hybridized carbons (Fsp3) is 0.444. The number of carbonyl (C=O) groups is 2. The largest absolute Gasteiger partial charge is 0.480 e. The van der Waals surface area contributed by atoms with E-state index in [2.05, 4.69) is 10.3 Å². The fourth-order valence-electron chi connectivity index (χ4n) is 1.11. The Bertz CT molecular complexity index is 388. The maximum Gasteiger partial charge on any atom is 0.321 e. The topological polar surface area (TPSA) is 110 Å². The minimum absolute atomic E-state index is 0.234. The smallest absolute Gasteiger partial charge is 0.321 e. The van der Waals surface area contributed by atoms with Gasteiger partial charge in [0.2, 0.25) is 5.91 Å². The van der Waals surface area contributed by atoms with Crippen LogP contribution in [0.5, 0.6) is 0 Å². The van der Waals surface area contributed by atoms with Crippen molar-refractivity contribution in [3.05, 3.63) is 18.2 Å². The predicted molar refractivity (Wildman–Crippen MR) is 55.3 cm³/mol. The average molecular weight is 226 g/mol. The molecule has 1 amide bonds. The lowest BCUT2D eigenvalue weighted by molar-refractivity contribution is -0.140. The van der Waals surface area contributed by atoms with Crippen LogP contribution in [0.4, 0.5) is 0 Å². The van der Waals surface area contributed by atoms with E-state index in [0.29, 0.717) is 5.69 Å². The number of carbonyl (C=O) groups excluding carboxylic acids is 1. The molecule has 0 unspecified atom stereocenters. The quantitative estimate of drug-likeness (QED) is 0.586. The number of amides is 1. The molecule has 0 aliphatic rings. The van der Waals surface area contributed by atoms with Crippen LogP contribution >= 0.6 is 0 Å². The number of nitrogens with zero attached hydrogens (tertiary/aromatic N) is 2. The van der Waals surface area contributed by atoms with Gasteiger partial charge in [0.15, 0.2) is 0 Å². The number of rotatable bonds is 5. The van der Waals surface area contributed by atoms with Gasteiger partial charge < -0.3 is 20.7 Å². The molecule has 4 N–H and O–H groups in total. The number of nitrogens with one attached hydrogen (secondary N) is 1. The van der Waals surface area contributed by atoms with Crippen molar-refractivity contribution in [2.45, 2.75) is 19.0 Å². The maximum absolute atomic E-state index is 11.2. The normalized spacial score (nSPS) is 12.1. The lowest BCUT2D eigenvalue weighted by Crippen LogP contribution is -2.36. The fourth-order valence-corrected chi connectivity index (χ4v) is 1.11. The number of hydrogen-bond donors (Lipinski definition) is 3. The molecule has 1 rings (SSSR count). The molecule has 0 aromatic carbocycles. The van der Waals surface area contributed by atoms with Crippen LogP contribution in [0.15, 0.2) is 12.5 Å². The van der Waals surface area contributed by atoms with Crippen molar-refractivity contribution in [2.24, 2.45) is 12.8 Å². The Morgan fingerprint density at radius 3 is 2.88 bits per heavy atom. The minimum atomic E-state index is -1.19. The van der Waals surface area contributed by atoms with Gasteiger partial charge in [-0.05, 0) is 0 Å². The number of aliphatic carboxylic acids is 1. The first-order valence-corrected chi connectivity index (χ1v) is 4.71. The van der Waals surface area contributed by atoms with Crippen LogP contribution in [-0.2, 0) is 23.2 Å². The molecule has 0 saturated heterocycles. The molecule has 0 radical (unpaired) electrons. The summed E-state index contributed by atoms with van der Waals surface area (Å²) in [6.07, 6.45) is 3.14. The van der Waals surface area contributed by atoms with Crippen molar-refractivity contribution in [1.82, 2.24) is 14.9 Å². The summed E-state index contributed by atoms with van der Waals surface area (Å²) in [5, 5.41) is 11.0. The summed E-state index contributed by atoms with van der Waals surface area (Å²) < 4.78 is 1.75. The molecule has 0 aliphatic heterocycles. The monoisotopic (exact) mass is 226 g/mol. The second-order valence-electron chi connectivity index (χ2n) is 3.46. The molecule has 16 heavy (non-hydrogen) atoms. The Hall–Kier alpha value is -1.89. The van der Waals surface area contributed by atoms with Gasteiger partial charge in [-0.3, -0.25) is 9.59 Å². The average Bonchev–Trinajstić information content (AvgIpc) is 2.61. The summed E-state index contributed by atoms with van der Waals surface area (Å²) in [7, 11) is 1.82. The minimum Gasteiger partial charge on any atom is -0.480 e. The van der Waals surface area contributed by atoms with Gasteiger partial charge in [-0.15, -0.1) is 0 Å². The van der Waals surface area contributed by atoms with Crippen molar-refractivity contribution in [2.75, 3.05) is 0 Å². The van der Waals surface area contributed by atoms with Gasteiger partial charge in [0.25, 0.3) is 0 Å². The van der Waals surface area contributed by atoms with E-state index in [-0.39, 0.29) is 13.0 Å². The van der Waals surface area contributed by atoms with Crippen molar-refractivity contribution in [3.8, 4) is 0 Å². The van der Waals surface area contributed by atoms with Crippen LogP contribution in [0.1, 0.15) is 12.1 Å². The second-order valence-corrected chi connectivity index (χ2v) is 3.46. The van der Waals surface area contributed by atoms with Crippen molar-refractivity contribution in [3.63, 3.8) is 0 Å². The van der Waals surface area contributed by atoms with E-state index < -0.39 is 17.9 Å². The van der Waals surface area contributed by atoms with Gasteiger partial charge in [0, 0.05) is 13.2 Å². The molecule has 0 saturated carbocycles. The number of carboxylic acids is 1. The zero-order valence-corrected chi connectivity index (χ0v) is 8.88. The zero-order valence-electron chi connectivity index (χ0n) is 8.88. The van der Waals surface area contributed by atoms with Crippen LogP contribution in [0, 0.1) is 0 Å². The van der Waals surface area contributed by atoms with Gasteiger partial charge in [-0.25, -0.2) is 4.98 Å². The van der Waals surface area contributed by atoms with E-state index in [4.69, 9.17) is 10.8 Å². The third-order valence-corrected chi connectivity index (χ3v) is 1.95. The lowest BCUT2D eigenvalue weighted by Gasteiger charge is -2.06. The molecule has 1 aromatic rings. The summed E-state index contributed by atoms with van der Waals surface area (Å²) in [6.45, 7) is 0.270. The molecule has 1 atom stereocenters. The van der Waals surface area contributed by atoms with E-state index in [0.717, 1.165) is 0 Å². The Morgan fingerprint density at radius 2 is 2.38 bits per heavy atom. The Balaban J connectivity index is 2.33. The molecule has 1 heterocycles.